The van der Waals surface area contributed by atoms with E-state index in [2.05, 4.69) is 27.3 Å². The fourth-order valence-electron chi connectivity index (χ4n) is 5.87. The molecule has 1 aromatic heterocycles. The largest absolute Gasteiger partial charge is 0.492 e. The highest BCUT2D eigenvalue weighted by Crippen LogP contribution is 2.49. The first-order valence-corrected chi connectivity index (χ1v) is 13.0. The maximum absolute atomic E-state index is 13.2. The van der Waals surface area contributed by atoms with Gasteiger partial charge in [0.2, 0.25) is 11.8 Å². The van der Waals surface area contributed by atoms with Crippen molar-refractivity contribution in [2.45, 2.75) is 57.2 Å². The Bertz CT molecular complexity index is 1170. The van der Waals surface area contributed by atoms with E-state index in [1.165, 1.54) is 11.1 Å². The van der Waals surface area contributed by atoms with Crippen LogP contribution in [0.1, 0.15) is 59.7 Å². The zero-order valence-electron chi connectivity index (χ0n) is 21.5. The molecular weight excluding hydrogens is 472 g/mol. The summed E-state index contributed by atoms with van der Waals surface area (Å²) in [7, 11) is 1.55. The molecule has 9 heteroatoms. The average Bonchev–Trinajstić information content (AvgIpc) is 3.45. The van der Waals surface area contributed by atoms with E-state index in [0.29, 0.717) is 37.6 Å². The molecule has 0 radical (unpaired) electrons. The number of aromatic nitrogens is 1. The molecule has 3 aliphatic heterocycles. The standard InChI is InChI=1S/C28H34N4O5/c1-3-36-24-9-6-19(15-30-24)16-31-12-10-28(11-13-31)18-37-25-21-17-32(23(5-4-14-33)26(34)29-2)27(35)20(21)7-8-22(25)28/h6-9,14-15,23H,3-5,10-13,16-18H2,1-2H3,(H,29,34). The number of nitrogens with one attached hydrogen (secondary N) is 1. The van der Waals surface area contributed by atoms with Gasteiger partial charge in [0.25, 0.3) is 5.91 Å². The van der Waals surface area contributed by atoms with Crippen LogP contribution in [0.4, 0.5) is 0 Å². The number of piperidine rings is 1. The minimum atomic E-state index is -0.679. The summed E-state index contributed by atoms with van der Waals surface area (Å²) in [6.45, 7) is 6.22. The third-order valence-electron chi connectivity index (χ3n) is 7.94. The normalized spacial score (nSPS) is 18.8. The lowest BCUT2D eigenvalue weighted by Gasteiger charge is -2.38. The number of hydrogen-bond acceptors (Lipinski definition) is 7. The SMILES string of the molecule is CCOc1ccc(CN2CCC3(CC2)COc2c3ccc3c2CN(C(CCC=O)C(=O)NC)C3=O)cn1. The second kappa shape index (κ2) is 10.5. The Kier molecular flexibility index (Phi) is 7.15. The van der Waals surface area contributed by atoms with Gasteiger partial charge in [-0.05, 0) is 50.9 Å². The Morgan fingerprint density at radius 3 is 2.76 bits per heavy atom. The van der Waals surface area contributed by atoms with E-state index in [-0.39, 0.29) is 23.7 Å². The van der Waals surface area contributed by atoms with E-state index in [0.717, 1.165) is 50.1 Å². The van der Waals surface area contributed by atoms with Crippen LogP contribution in [-0.4, -0.2) is 72.3 Å². The van der Waals surface area contributed by atoms with Gasteiger partial charge in [-0.1, -0.05) is 12.1 Å². The van der Waals surface area contributed by atoms with E-state index >= 15 is 0 Å². The van der Waals surface area contributed by atoms with Gasteiger partial charge in [0.15, 0.2) is 0 Å². The molecule has 1 saturated heterocycles. The van der Waals surface area contributed by atoms with Gasteiger partial charge in [-0.25, -0.2) is 4.98 Å². The Labute approximate surface area is 217 Å². The molecule has 3 aliphatic rings. The highest BCUT2D eigenvalue weighted by atomic mass is 16.5. The molecule has 196 valence electrons. The van der Waals surface area contributed by atoms with Crippen molar-refractivity contribution >= 4 is 18.1 Å². The maximum Gasteiger partial charge on any atom is 0.255 e. The number of likely N-dealkylation sites (tertiary alicyclic amines) is 1. The number of carbonyl (C=O) groups excluding carboxylic acids is 3. The Morgan fingerprint density at radius 1 is 1.27 bits per heavy atom. The van der Waals surface area contributed by atoms with Gasteiger partial charge >= 0.3 is 0 Å². The fourth-order valence-corrected chi connectivity index (χ4v) is 5.87. The first-order chi connectivity index (χ1) is 18.0. The van der Waals surface area contributed by atoms with E-state index in [9.17, 15) is 14.4 Å². The van der Waals surface area contributed by atoms with Crippen molar-refractivity contribution in [3.63, 3.8) is 0 Å². The Morgan fingerprint density at radius 2 is 2.08 bits per heavy atom. The monoisotopic (exact) mass is 506 g/mol. The van der Waals surface area contributed by atoms with Gasteiger partial charge in [0.05, 0.1) is 19.8 Å². The van der Waals surface area contributed by atoms with Crippen LogP contribution in [0.15, 0.2) is 30.5 Å². The van der Waals surface area contributed by atoms with E-state index < -0.39 is 6.04 Å². The summed E-state index contributed by atoms with van der Waals surface area (Å²) < 4.78 is 11.7. The number of ether oxygens (including phenoxy) is 2. The lowest BCUT2D eigenvalue weighted by Crippen LogP contribution is -2.46. The number of likely N-dealkylation sites (N-methyl/N-ethyl adjacent to an activating group) is 1. The van der Waals surface area contributed by atoms with E-state index in [1.807, 2.05) is 25.3 Å². The summed E-state index contributed by atoms with van der Waals surface area (Å²) in [6.07, 6.45) is 5.14. The molecule has 4 heterocycles. The predicted octanol–water partition coefficient (Wildman–Crippen LogP) is 2.46. The molecular formula is C28H34N4O5. The molecule has 2 amide bonds. The lowest BCUT2D eigenvalue weighted by molar-refractivity contribution is -0.125. The summed E-state index contributed by atoms with van der Waals surface area (Å²) in [5, 5.41) is 2.63. The minimum absolute atomic E-state index is 0.0634. The number of rotatable bonds is 9. The second-order valence-corrected chi connectivity index (χ2v) is 10.1. The van der Waals surface area contributed by atoms with Crippen molar-refractivity contribution < 1.29 is 23.9 Å². The number of fused-ring (bicyclic) bond motifs is 4. The summed E-state index contributed by atoms with van der Waals surface area (Å²) in [5.74, 6) is 1.02. The highest BCUT2D eigenvalue weighted by Gasteiger charge is 2.47. The smallest absolute Gasteiger partial charge is 0.255 e. The number of carbonyl (C=O) groups is 3. The molecule has 9 nitrogen and oxygen atoms in total. The zero-order chi connectivity index (χ0) is 26.0. The van der Waals surface area contributed by atoms with Gasteiger partial charge in [-0.2, -0.15) is 0 Å². The van der Waals surface area contributed by atoms with Crippen LogP contribution in [-0.2, 0) is 28.1 Å². The molecule has 1 fully saturated rings. The Hall–Kier alpha value is -3.46. The summed E-state index contributed by atoms with van der Waals surface area (Å²) in [4.78, 5) is 45.1. The summed E-state index contributed by atoms with van der Waals surface area (Å²) in [6, 6.07) is 7.26. The predicted molar refractivity (Wildman–Crippen MR) is 137 cm³/mol. The van der Waals surface area contributed by atoms with Crippen molar-refractivity contribution in [3.05, 3.63) is 52.7 Å². The van der Waals surface area contributed by atoms with Gasteiger partial charge in [0, 0.05) is 54.4 Å². The second-order valence-electron chi connectivity index (χ2n) is 10.1. The first-order valence-electron chi connectivity index (χ1n) is 13.0. The van der Waals surface area contributed by atoms with Crippen molar-refractivity contribution in [1.29, 1.82) is 0 Å². The topological polar surface area (TPSA) is 101 Å². The van der Waals surface area contributed by atoms with Crippen molar-refractivity contribution in [1.82, 2.24) is 20.1 Å². The number of pyridine rings is 1. The highest BCUT2D eigenvalue weighted by molar-refractivity contribution is 6.02. The van der Waals surface area contributed by atoms with Crippen LogP contribution in [0.3, 0.4) is 0 Å². The van der Waals surface area contributed by atoms with E-state index in [4.69, 9.17) is 9.47 Å². The zero-order valence-corrected chi connectivity index (χ0v) is 21.5. The molecule has 1 spiro atoms. The lowest BCUT2D eigenvalue weighted by atomic mass is 9.74. The van der Waals surface area contributed by atoms with Crippen LogP contribution in [0.2, 0.25) is 0 Å². The molecule has 37 heavy (non-hydrogen) atoms. The molecule has 5 rings (SSSR count). The summed E-state index contributed by atoms with van der Waals surface area (Å²) >= 11 is 0. The van der Waals surface area contributed by atoms with Crippen molar-refractivity contribution in [3.8, 4) is 11.6 Å². The van der Waals surface area contributed by atoms with Gasteiger partial charge in [-0.15, -0.1) is 0 Å². The number of benzene rings is 1. The maximum atomic E-state index is 13.2. The summed E-state index contributed by atoms with van der Waals surface area (Å²) in [5.41, 5.74) is 3.73. The molecule has 1 atom stereocenters. The van der Waals surface area contributed by atoms with Crippen molar-refractivity contribution in [2.24, 2.45) is 0 Å². The molecule has 0 aliphatic carbocycles. The quantitative estimate of drug-likeness (QED) is 0.522. The molecule has 1 N–H and O–H groups in total. The van der Waals surface area contributed by atoms with Gasteiger partial charge in [-0.3, -0.25) is 14.5 Å². The molecule has 2 aromatic rings. The third kappa shape index (κ3) is 4.68. The molecule has 0 bridgehead atoms. The Balaban J connectivity index is 1.29. The van der Waals surface area contributed by atoms with Gasteiger partial charge in [0.1, 0.15) is 18.1 Å². The van der Waals surface area contributed by atoms with Crippen LogP contribution in [0.25, 0.3) is 0 Å². The molecule has 1 unspecified atom stereocenters. The number of aldehydes is 1. The van der Waals surface area contributed by atoms with Crippen molar-refractivity contribution in [2.75, 3.05) is 33.4 Å². The molecule has 0 saturated carbocycles. The minimum Gasteiger partial charge on any atom is -0.492 e. The first kappa shape index (κ1) is 25.2. The molecule has 1 aromatic carbocycles. The van der Waals surface area contributed by atoms with Crippen LogP contribution in [0.5, 0.6) is 11.6 Å². The van der Waals surface area contributed by atoms with Crippen LogP contribution < -0.4 is 14.8 Å². The number of amides is 2. The van der Waals surface area contributed by atoms with Crippen LogP contribution >= 0.6 is 0 Å². The number of nitrogens with zero attached hydrogens (tertiary/aromatic N) is 3. The van der Waals surface area contributed by atoms with E-state index in [1.54, 1.807) is 11.9 Å². The van der Waals surface area contributed by atoms with Gasteiger partial charge < -0.3 is 24.5 Å². The third-order valence-corrected chi connectivity index (χ3v) is 7.94. The average molecular weight is 507 g/mol. The number of hydrogen-bond donors (Lipinski definition) is 1. The fraction of sp³-hybridized carbons (Fsp3) is 0.500. The van der Waals surface area contributed by atoms with Crippen LogP contribution in [0, 0.1) is 0 Å².